The molecule has 0 unspecified atom stereocenters. The number of fused-ring (bicyclic) bond motifs is 12. The van der Waals surface area contributed by atoms with Gasteiger partial charge in [0.1, 0.15) is 25.0 Å². The smallest absolute Gasteiger partial charge is 0.430 e. The van der Waals surface area contributed by atoms with E-state index in [1.54, 1.807) is 0 Å². The number of alkyl halides is 6. The quantitative estimate of drug-likeness (QED) is 0.149. The zero-order valence-electron chi connectivity index (χ0n) is 33.4. The van der Waals surface area contributed by atoms with Gasteiger partial charge in [-0.1, -0.05) is 84.9 Å². The van der Waals surface area contributed by atoms with E-state index in [0.29, 0.717) is 0 Å². The molecule has 0 atom stereocenters. The molecule has 0 aliphatic carbocycles. The number of nitrogens with zero attached hydrogens (tertiary/aromatic N) is 4. The maximum absolute atomic E-state index is 10.5. The molecule has 0 saturated carbocycles. The highest BCUT2D eigenvalue weighted by atomic mass is 19.4. The molecule has 0 radical (unpaired) electrons. The summed E-state index contributed by atoms with van der Waals surface area (Å²) in [6.07, 6.45) is 1.31. The third kappa shape index (κ3) is 13.9. The van der Waals surface area contributed by atoms with Gasteiger partial charge in [-0.15, -0.1) is 0 Å². The molecule has 0 saturated heterocycles. The summed E-state index contributed by atoms with van der Waals surface area (Å²) < 4.78 is 68.0. The third-order valence-electron chi connectivity index (χ3n) is 10.0. The van der Waals surface area contributed by atoms with Crippen LogP contribution in [0, 0.1) is 0 Å². The van der Waals surface area contributed by atoms with Gasteiger partial charge in [-0.3, -0.25) is 0 Å². The zero-order valence-corrected chi connectivity index (χ0v) is 33.4. The molecule has 6 aromatic rings. The number of para-hydroxylation sites is 2. The van der Waals surface area contributed by atoms with E-state index < -0.39 is 24.3 Å². The number of hydrogen-bond donors (Lipinski definition) is 0. The molecule has 324 valence electrons. The molecule has 9 nitrogen and oxygen atoms in total. The summed E-state index contributed by atoms with van der Waals surface area (Å²) in [7, 11) is 0. The van der Waals surface area contributed by atoms with Gasteiger partial charge in [0, 0.05) is 63.3 Å². The van der Waals surface area contributed by atoms with Gasteiger partial charge in [-0.05, 0) is 48.9 Å². The molecule has 2 N–H and O–H groups in total. The van der Waals surface area contributed by atoms with Crippen LogP contribution in [0.25, 0.3) is 21.8 Å². The Morgan fingerprint density at radius 3 is 1.18 bits per heavy atom. The van der Waals surface area contributed by atoms with Crippen LogP contribution in [0.1, 0.15) is 49.7 Å². The van der Waals surface area contributed by atoms with Gasteiger partial charge in [0.25, 0.3) is 0 Å². The van der Waals surface area contributed by atoms with Crippen LogP contribution in [-0.4, -0.2) is 42.9 Å². The molecule has 4 bridgehead atoms. The standard InChI is InChI=1S/C42H46N4.2C2HF3O2.H2O/c1-5-17-35(18-6-1)33-45-29-15-4-16-30-46(34-36-19-7-2-8-20-36)42-26-32-44(40-24-12-10-22-38(40)42)28-14-3-13-27-43-31-25-41(45)37-21-9-11-23-39(37)43;2*3-2(4,5)1(6)7;/h1-2,5-12,17-26,31-32H,3-4,13-16,27-30,33-34H2;2*(H,6,7);1H2/q+2;;;/p-2. The highest BCUT2D eigenvalue weighted by Crippen LogP contribution is 2.29. The van der Waals surface area contributed by atoms with E-state index in [2.05, 4.69) is 153 Å². The number of carbonyl (C=O) groups excluding carboxylic acids is 2. The lowest BCUT2D eigenvalue weighted by molar-refractivity contribution is -0.675. The monoisotopic (exact) mass is 850 g/mol. The average Bonchev–Trinajstić information content (AvgIpc) is 3.23. The first-order valence-electron chi connectivity index (χ1n) is 19.7. The lowest BCUT2D eigenvalue weighted by Gasteiger charge is -2.27. The molecular formula is C46H48F6N4O5. The van der Waals surface area contributed by atoms with Gasteiger partial charge in [-0.2, -0.15) is 35.5 Å². The third-order valence-corrected chi connectivity index (χ3v) is 10.0. The number of halogens is 6. The first-order valence-corrected chi connectivity index (χ1v) is 19.7. The maximum atomic E-state index is 10.5. The van der Waals surface area contributed by atoms with Crippen molar-refractivity contribution in [2.24, 2.45) is 0 Å². The zero-order chi connectivity index (χ0) is 43.1. The van der Waals surface area contributed by atoms with Gasteiger partial charge in [0.05, 0.1) is 22.1 Å². The van der Waals surface area contributed by atoms with Crippen LogP contribution in [0.2, 0.25) is 0 Å². The first-order chi connectivity index (χ1) is 28.7. The summed E-state index contributed by atoms with van der Waals surface area (Å²) >= 11 is 0. The largest absolute Gasteiger partial charge is 0.542 e. The Bertz CT molecular complexity index is 2150. The van der Waals surface area contributed by atoms with Crippen molar-refractivity contribution in [2.45, 2.75) is 77.1 Å². The van der Waals surface area contributed by atoms with Gasteiger partial charge in [-0.25, -0.2) is 0 Å². The predicted octanol–water partition coefficient (Wildman–Crippen LogP) is 6.41. The maximum Gasteiger partial charge on any atom is 0.430 e. The topological polar surface area (TPSA) is 126 Å². The first kappa shape index (κ1) is 47.5. The Morgan fingerprint density at radius 2 is 0.820 bits per heavy atom. The number of anilines is 2. The minimum Gasteiger partial charge on any atom is -0.542 e. The van der Waals surface area contributed by atoms with E-state index >= 15 is 0 Å². The molecule has 2 aromatic heterocycles. The number of aryl methyl sites for hydroxylation is 2. The fraction of sp³-hybridized carbons (Fsp3) is 0.304. The second-order valence-corrected chi connectivity index (χ2v) is 14.3. The summed E-state index contributed by atoms with van der Waals surface area (Å²) in [6, 6.07) is 44.7. The molecule has 7 rings (SSSR count). The molecular weight excluding hydrogens is 803 g/mol. The highest BCUT2D eigenvalue weighted by molar-refractivity contribution is 5.90. The molecule has 61 heavy (non-hydrogen) atoms. The molecule has 1 aliphatic heterocycles. The van der Waals surface area contributed by atoms with Gasteiger partial charge in [0.2, 0.25) is 11.0 Å². The number of carbonyl (C=O) groups is 2. The summed E-state index contributed by atoms with van der Waals surface area (Å²) in [4.78, 5) is 22.8. The second-order valence-electron chi connectivity index (χ2n) is 14.3. The Kier molecular flexibility index (Phi) is 17.4. The van der Waals surface area contributed by atoms with Gasteiger partial charge in [0.15, 0.2) is 12.4 Å². The van der Waals surface area contributed by atoms with Crippen LogP contribution < -0.4 is 29.1 Å². The summed E-state index contributed by atoms with van der Waals surface area (Å²) in [5.41, 5.74) is 8.08. The molecule has 4 aromatic carbocycles. The Morgan fingerprint density at radius 1 is 0.492 bits per heavy atom. The van der Waals surface area contributed by atoms with Crippen molar-refractivity contribution >= 4 is 45.1 Å². The summed E-state index contributed by atoms with van der Waals surface area (Å²) in [5.74, 6) is -6.01. The number of rotatable bonds is 4. The normalized spacial score (nSPS) is 13.9. The van der Waals surface area contributed by atoms with Crippen molar-refractivity contribution in [3.63, 3.8) is 0 Å². The Hall–Kier alpha value is -6.22. The Labute approximate surface area is 350 Å². The van der Waals surface area contributed by atoms with E-state index in [4.69, 9.17) is 19.8 Å². The van der Waals surface area contributed by atoms with Crippen molar-refractivity contribution in [1.82, 2.24) is 0 Å². The van der Waals surface area contributed by atoms with Crippen LogP contribution in [-0.2, 0) is 35.8 Å². The molecule has 0 spiro atoms. The number of pyridine rings is 2. The van der Waals surface area contributed by atoms with E-state index in [1.165, 1.54) is 70.0 Å². The molecule has 3 heterocycles. The molecule has 15 heteroatoms. The number of aliphatic carboxylic acids is 2. The predicted molar refractivity (Wildman–Crippen MR) is 217 cm³/mol. The van der Waals surface area contributed by atoms with Crippen molar-refractivity contribution < 1.29 is 60.8 Å². The van der Waals surface area contributed by atoms with Gasteiger partial charge < -0.3 is 35.1 Å². The number of carboxylic acid groups (broad SMARTS) is 2. The number of aromatic nitrogens is 2. The SMILES string of the molecule is O.O=C([O-])C(F)(F)F.O=C([O-])C(F)(F)F.c1ccc(CN2CCCCCN(Cc3ccccc3)c3cc[n+](c4ccccc34)CCCCC[n+]3ccc2c2ccccc23)cc1. The van der Waals surface area contributed by atoms with Crippen molar-refractivity contribution in [1.29, 1.82) is 0 Å². The second kappa shape index (κ2) is 22.4. The van der Waals surface area contributed by atoms with Crippen molar-refractivity contribution in [3.8, 4) is 0 Å². The van der Waals surface area contributed by atoms with Crippen molar-refractivity contribution in [2.75, 3.05) is 22.9 Å². The fourth-order valence-corrected chi connectivity index (χ4v) is 7.18. The minimum absolute atomic E-state index is 0. The lowest BCUT2D eigenvalue weighted by Crippen LogP contribution is -2.37. The average molecular weight is 851 g/mol. The van der Waals surface area contributed by atoms with E-state index in [-0.39, 0.29) is 5.48 Å². The highest BCUT2D eigenvalue weighted by Gasteiger charge is 2.29. The summed E-state index contributed by atoms with van der Waals surface area (Å²) in [6.45, 7) is 6.00. The number of carboxylic acids is 2. The van der Waals surface area contributed by atoms with Crippen LogP contribution in [0.5, 0.6) is 0 Å². The van der Waals surface area contributed by atoms with E-state index in [0.717, 1.165) is 52.1 Å². The lowest BCUT2D eigenvalue weighted by atomic mass is 10.1. The van der Waals surface area contributed by atoms with Crippen LogP contribution in [0.15, 0.2) is 134 Å². The van der Waals surface area contributed by atoms with Crippen LogP contribution in [0.3, 0.4) is 0 Å². The molecule has 0 amide bonds. The number of hydrogen-bond acceptors (Lipinski definition) is 6. The van der Waals surface area contributed by atoms with Gasteiger partial charge >= 0.3 is 12.4 Å². The molecule has 0 fully saturated rings. The van der Waals surface area contributed by atoms with Crippen molar-refractivity contribution in [3.05, 3.63) is 145 Å². The number of benzene rings is 4. The van der Waals surface area contributed by atoms with Crippen LogP contribution >= 0.6 is 0 Å². The summed E-state index contributed by atoms with van der Waals surface area (Å²) in [5, 5.41) is 20.3. The van der Waals surface area contributed by atoms with E-state index in [9.17, 15) is 26.3 Å². The van der Waals surface area contributed by atoms with Crippen LogP contribution in [0.4, 0.5) is 37.7 Å². The Balaban J connectivity index is 0.000000472. The fourth-order valence-electron chi connectivity index (χ4n) is 7.18. The van der Waals surface area contributed by atoms with E-state index in [1.807, 2.05) is 0 Å². The molecule has 1 aliphatic rings. The minimum atomic E-state index is -5.19.